The second kappa shape index (κ2) is 7.67. The maximum absolute atomic E-state index is 3.64. The summed E-state index contributed by atoms with van der Waals surface area (Å²) in [6.45, 7) is 9.78. The molecule has 0 saturated carbocycles. The number of hydrogen-bond donors (Lipinski definition) is 1. The van der Waals surface area contributed by atoms with Crippen molar-refractivity contribution in [1.29, 1.82) is 0 Å². The van der Waals surface area contributed by atoms with Gasteiger partial charge in [0.1, 0.15) is 0 Å². The molecule has 0 saturated heterocycles. The van der Waals surface area contributed by atoms with Crippen LogP contribution in [-0.4, -0.2) is 12.3 Å². The highest BCUT2D eigenvalue weighted by Crippen LogP contribution is 2.28. The molecular weight excluding hydrogens is 274 g/mol. The molecule has 0 bridgehead atoms. The summed E-state index contributed by atoms with van der Waals surface area (Å²) in [5.41, 5.74) is 5.58. The van der Waals surface area contributed by atoms with Crippen molar-refractivity contribution < 1.29 is 0 Å². The van der Waals surface area contributed by atoms with Gasteiger partial charge < -0.3 is 5.32 Å². The first-order valence-corrected chi connectivity index (χ1v) is 8.59. The predicted molar refractivity (Wildman–Crippen MR) is 94.2 cm³/mol. The topological polar surface area (TPSA) is 12.0 Å². The van der Waals surface area contributed by atoms with Gasteiger partial charge in [-0.1, -0.05) is 37.3 Å². The molecule has 0 heterocycles. The van der Waals surface area contributed by atoms with Crippen LogP contribution in [0.25, 0.3) is 0 Å². The lowest BCUT2D eigenvalue weighted by molar-refractivity contribution is 0.602. The molecule has 0 spiro atoms. The average Bonchev–Trinajstić information content (AvgIpc) is 2.48. The minimum atomic E-state index is 0.402. The van der Waals surface area contributed by atoms with Crippen molar-refractivity contribution in [2.75, 3.05) is 12.3 Å². The van der Waals surface area contributed by atoms with E-state index < -0.39 is 0 Å². The van der Waals surface area contributed by atoms with Gasteiger partial charge in [0.05, 0.1) is 0 Å². The normalized spacial score (nSPS) is 12.4. The molecule has 112 valence electrons. The van der Waals surface area contributed by atoms with E-state index in [0.29, 0.717) is 6.04 Å². The Morgan fingerprint density at radius 3 is 2.29 bits per heavy atom. The molecule has 1 unspecified atom stereocenters. The lowest BCUT2D eigenvalue weighted by Crippen LogP contribution is -2.24. The molecule has 2 aromatic rings. The molecule has 0 aliphatic heterocycles. The maximum atomic E-state index is 3.64. The van der Waals surface area contributed by atoms with Crippen molar-refractivity contribution >= 4 is 11.8 Å². The van der Waals surface area contributed by atoms with E-state index in [9.17, 15) is 0 Å². The summed E-state index contributed by atoms with van der Waals surface area (Å²) >= 11 is 1.92. The first kappa shape index (κ1) is 16.1. The number of benzene rings is 2. The van der Waals surface area contributed by atoms with E-state index in [4.69, 9.17) is 0 Å². The molecular formula is C19H25NS. The van der Waals surface area contributed by atoms with Crippen LogP contribution < -0.4 is 5.32 Å². The predicted octanol–water partition coefficient (Wildman–Crippen LogP) is 5.05. The lowest BCUT2D eigenvalue weighted by atomic mass is 9.96. The van der Waals surface area contributed by atoms with Gasteiger partial charge in [0, 0.05) is 16.7 Å². The van der Waals surface area contributed by atoms with Crippen molar-refractivity contribution in [2.24, 2.45) is 0 Å². The Bertz CT molecular complexity index is 578. The summed E-state index contributed by atoms with van der Waals surface area (Å²) in [7, 11) is 0. The van der Waals surface area contributed by atoms with Gasteiger partial charge in [-0.2, -0.15) is 0 Å². The van der Waals surface area contributed by atoms with Gasteiger partial charge in [-0.15, -0.1) is 11.8 Å². The summed E-state index contributed by atoms with van der Waals surface area (Å²) in [4.78, 5) is 1.34. The van der Waals surface area contributed by atoms with Gasteiger partial charge >= 0.3 is 0 Å². The molecule has 0 aliphatic rings. The summed E-state index contributed by atoms with van der Waals surface area (Å²) in [5.74, 6) is 1.06. The first-order valence-electron chi connectivity index (χ1n) is 7.60. The number of nitrogens with one attached hydrogen (secondary N) is 1. The van der Waals surface area contributed by atoms with Crippen molar-refractivity contribution in [2.45, 2.75) is 38.6 Å². The standard InChI is InChI=1S/C19H25NS/c1-5-20-19(13-21-17-9-7-6-8-10-17)18-12-15(3)14(2)11-16(18)4/h6-12,19-20H,5,13H2,1-4H3. The van der Waals surface area contributed by atoms with E-state index in [-0.39, 0.29) is 0 Å². The third-order valence-corrected chi connectivity index (χ3v) is 4.97. The highest BCUT2D eigenvalue weighted by Gasteiger charge is 2.14. The highest BCUT2D eigenvalue weighted by atomic mass is 32.2. The molecule has 2 aromatic carbocycles. The molecule has 1 atom stereocenters. The van der Waals surface area contributed by atoms with Crippen LogP contribution in [0, 0.1) is 20.8 Å². The summed E-state index contributed by atoms with van der Waals surface area (Å²) in [6, 6.07) is 15.7. The highest BCUT2D eigenvalue weighted by molar-refractivity contribution is 7.99. The van der Waals surface area contributed by atoms with Crippen LogP contribution in [0.15, 0.2) is 47.4 Å². The minimum Gasteiger partial charge on any atom is -0.309 e. The van der Waals surface area contributed by atoms with Crippen molar-refractivity contribution in [3.8, 4) is 0 Å². The Labute approximate surface area is 133 Å². The summed E-state index contributed by atoms with van der Waals surface area (Å²) in [6.07, 6.45) is 0. The number of thioether (sulfide) groups is 1. The van der Waals surface area contributed by atoms with Gasteiger partial charge in [-0.3, -0.25) is 0 Å². The molecule has 0 aliphatic carbocycles. The molecule has 0 aromatic heterocycles. The Morgan fingerprint density at radius 2 is 1.62 bits per heavy atom. The van der Waals surface area contributed by atoms with Crippen LogP contribution in [0.2, 0.25) is 0 Å². The van der Waals surface area contributed by atoms with Gasteiger partial charge in [0.15, 0.2) is 0 Å². The molecule has 1 nitrogen and oxygen atoms in total. The molecule has 1 N–H and O–H groups in total. The Morgan fingerprint density at radius 1 is 0.952 bits per heavy atom. The fourth-order valence-corrected chi connectivity index (χ4v) is 3.57. The lowest BCUT2D eigenvalue weighted by Gasteiger charge is -2.21. The van der Waals surface area contributed by atoms with E-state index in [1.54, 1.807) is 0 Å². The minimum absolute atomic E-state index is 0.402. The molecule has 21 heavy (non-hydrogen) atoms. The molecule has 2 heteroatoms. The smallest absolute Gasteiger partial charge is 0.0418 e. The molecule has 0 radical (unpaired) electrons. The monoisotopic (exact) mass is 299 g/mol. The second-order valence-corrected chi connectivity index (χ2v) is 6.62. The van der Waals surface area contributed by atoms with Crippen molar-refractivity contribution in [3.63, 3.8) is 0 Å². The Balaban J connectivity index is 2.17. The summed E-state index contributed by atoms with van der Waals surface area (Å²) in [5, 5.41) is 3.64. The van der Waals surface area contributed by atoms with Crippen LogP contribution in [0.1, 0.15) is 35.2 Å². The van der Waals surface area contributed by atoms with Gasteiger partial charge in [-0.05, 0) is 61.7 Å². The van der Waals surface area contributed by atoms with E-state index in [1.165, 1.54) is 27.1 Å². The van der Waals surface area contributed by atoms with Crippen LogP contribution in [0.5, 0.6) is 0 Å². The maximum Gasteiger partial charge on any atom is 0.0418 e. The third kappa shape index (κ3) is 4.36. The average molecular weight is 299 g/mol. The number of aryl methyl sites for hydroxylation is 3. The number of rotatable bonds is 6. The van der Waals surface area contributed by atoms with E-state index in [0.717, 1.165) is 12.3 Å². The van der Waals surface area contributed by atoms with Crippen LogP contribution >= 0.6 is 11.8 Å². The Hall–Kier alpha value is -1.25. The van der Waals surface area contributed by atoms with E-state index in [1.807, 2.05) is 11.8 Å². The van der Waals surface area contributed by atoms with Crippen molar-refractivity contribution in [3.05, 3.63) is 64.7 Å². The van der Waals surface area contributed by atoms with Gasteiger partial charge in [0.2, 0.25) is 0 Å². The zero-order valence-corrected chi connectivity index (χ0v) is 14.3. The fourth-order valence-electron chi connectivity index (χ4n) is 2.56. The molecule has 0 amide bonds. The molecule has 0 fully saturated rings. The molecule has 2 rings (SSSR count). The fraction of sp³-hybridized carbons (Fsp3) is 0.368. The van der Waals surface area contributed by atoms with Gasteiger partial charge in [-0.25, -0.2) is 0 Å². The zero-order chi connectivity index (χ0) is 15.2. The van der Waals surface area contributed by atoms with Crippen LogP contribution in [-0.2, 0) is 0 Å². The largest absolute Gasteiger partial charge is 0.309 e. The third-order valence-electron chi connectivity index (χ3n) is 3.87. The number of hydrogen-bond acceptors (Lipinski definition) is 2. The van der Waals surface area contributed by atoms with Crippen molar-refractivity contribution in [1.82, 2.24) is 5.32 Å². The quantitative estimate of drug-likeness (QED) is 0.749. The van der Waals surface area contributed by atoms with Gasteiger partial charge in [0.25, 0.3) is 0 Å². The van der Waals surface area contributed by atoms with Crippen LogP contribution in [0.4, 0.5) is 0 Å². The zero-order valence-electron chi connectivity index (χ0n) is 13.4. The second-order valence-electron chi connectivity index (χ2n) is 5.53. The summed E-state index contributed by atoms with van der Waals surface area (Å²) < 4.78 is 0. The van der Waals surface area contributed by atoms with Crippen LogP contribution in [0.3, 0.4) is 0 Å². The SMILES string of the molecule is CCNC(CSc1ccccc1)c1cc(C)c(C)cc1C. The van der Waals surface area contributed by atoms with E-state index >= 15 is 0 Å². The van der Waals surface area contributed by atoms with E-state index in [2.05, 4.69) is 75.5 Å². The Kier molecular flexibility index (Phi) is 5.89. The first-order chi connectivity index (χ1) is 10.1.